The predicted octanol–water partition coefficient (Wildman–Crippen LogP) is 2.62. The molecule has 0 bridgehead atoms. The number of benzene rings is 1. The van der Waals surface area contributed by atoms with Crippen molar-refractivity contribution in [3.8, 4) is 6.07 Å². The molecule has 0 aliphatic carbocycles. The molecule has 3 rings (SSSR count). The molecule has 1 saturated heterocycles. The van der Waals surface area contributed by atoms with E-state index in [9.17, 15) is 14.9 Å². The number of nitrogens with zero attached hydrogens (tertiary/aromatic N) is 4. The van der Waals surface area contributed by atoms with Gasteiger partial charge >= 0.3 is 0 Å². The number of hydrogen-bond donors (Lipinski definition) is 1. The van der Waals surface area contributed by atoms with Crippen LogP contribution in [0.4, 0.5) is 17.2 Å². The van der Waals surface area contributed by atoms with Gasteiger partial charge in [-0.1, -0.05) is 5.16 Å². The van der Waals surface area contributed by atoms with Crippen LogP contribution in [0, 0.1) is 34.3 Å². The first-order chi connectivity index (χ1) is 12.5. The van der Waals surface area contributed by atoms with Crippen LogP contribution in [0.2, 0.25) is 0 Å². The highest BCUT2D eigenvalue weighted by atomic mass is 16.6. The van der Waals surface area contributed by atoms with Crippen LogP contribution < -0.4 is 10.2 Å². The van der Waals surface area contributed by atoms with E-state index < -0.39 is 4.92 Å². The first kappa shape index (κ1) is 17.4. The molecule has 2 heterocycles. The Balaban J connectivity index is 1.66. The fraction of sp³-hybridized carbons (Fsp3) is 0.353. The molecule has 1 fully saturated rings. The van der Waals surface area contributed by atoms with Gasteiger partial charge in [-0.05, 0) is 31.9 Å². The van der Waals surface area contributed by atoms with Gasteiger partial charge in [-0.25, -0.2) is 0 Å². The van der Waals surface area contributed by atoms with E-state index in [1.807, 2.05) is 11.0 Å². The van der Waals surface area contributed by atoms with E-state index in [0.717, 1.165) is 0 Å². The molecule has 134 valence electrons. The van der Waals surface area contributed by atoms with Crippen LogP contribution in [0.15, 0.2) is 28.8 Å². The summed E-state index contributed by atoms with van der Waals surface area (Å²) in [5, 5.41) is 26.7. The summed E-state index contributed by atoms with van der Waals surface area (Å²) in [5.74, 6) is 0.675. The molecule has 1 aromatic heterocycles. The summed E-state index contributed by atoms with van der Waals surface area (Å²) in [4.78, 5) is 25.0. The Morgan fingerprint density at radius 3 is 2.73 bits per heavy atom. The zero-order valence-corrected chi connectivity index (χ0v) is 14.1. The Labute approximate surface area is 149 Å². The zero-order chi connectivity index (χ0) is 18.7. The predicted molar refractivity (Wildman–Crippen MR) is 92.6 cm³/mol. The van der Waals surface area contributed by atoms with Gasteiger partial charge in [-0.3, -0.25) is 14.9 Å². The number of nitrogens with one attached hydrogen (secondary N) is 1. The van der Waals surface area contributed by atoms with Gasteiger partial charge in [-0.15, -0.1) is 0 Å². The smallest absolute Gasteiger partial charge is 0.293 e. The third-order valence-corrected chi connectivity index (χ3v) is 4.39. The van der Waals surface area contributed by atoms with Gasteiger partial charge in [0.15, 0.2) is 5.82 Å². The third kappa shape index (κ3) is 3.64. The average Bonchev–Trinajstić information content (AvgIpc) is 3.06. The molecule has 1 N–H and O–H groups in total. The minimum atomic E-state index is -0.484. The fourth-order valence-corrected chi connectivity index (χ4v) is 3.04. The van der Waals surface area contributed by atoms with Crippen molar-refractivity contribution < 1.29 is 14.2 Å². The molecular formula is C17H17N5O4. The van der Waals surface area contributed by atoms with Crippen LogP contribution >= 0.6 is 0 Å². The normalized spacial score (nSPS) is 14.7. The van der Waals surface area contributed by atoms with Gasteiger partial charge in [0.1, 0.15) is 11.4 Å². The molecule has 0 atom stereocenters. The highest BCUT2D eigenvalue weighted by Gasteiger charge is 2.28. The molecule has 2 aromatic rings. The molecule has 26 heavy (non-hydrogen) atoms. The summed E-state index contributed by atoms with van der Waals surface area (Å²) in [6.45, 7) is 2.77. The number of hydrogen-bond acceptors (Lipinski definition) is 7. The molecule has 0 spiro atoms. The van der Waals surface area contributed by atoms with Gasteiger partial charge in [0.25, 0.3) is 5.69 Å². The number of nitro benzene ring substituents is 1. The molecule has 0 radical (unpaired) electrons. The number of aromatic nitrogens is 1. The van der Waals surface area contributed by atoms with Gasteiger partial charge in [-0.2, -0.15) is 5.26 Å². The van der Waals surface area contributed by atoms with Crippen LogP contribution in [0.1, 0.15) is 24.2 Å². The van der Waals surface area contributed by atoms with E-state index in [1.165, 1.54) is 6.07 Å². The summed E-state index contributed by atoms with van der Waals surface area (Å²) >= 11 is 0. The molecule has 1 amide bonds. The van der Waals surface area contributed by atoms with E-state index >= 15 is 0 Å². The second-order valence-corrected chi connectivity index (χ2v) is 6.15. The number of carbonyl (C=O) groups is 1. The van der Waals surface area contributed by atoms with Crippen LogP contribution in [0.5, 0.6) is 0 Å². The Hall–Kier alpha value is -3.41. The molecule has 1 aliphatic rings. The monoisotopic (exact) mass is 355 g/mol. The van der Waals surface area contributed by atoms with Crippen molar-refractivity contribution in [3.63, 3.8) is 0 Å². The van der Waals surface area contributed by atoms with Crippen molar-refractivity contribution >= 4 is 23.1 Å². The first-order valence-electron chi connectivity index (χ1n) is 8.15. The minimum absolute atomic E-state index is 0.0926. The fourth-order valence-electron chi connectivity index (χ4n) is 3.04. The lowest BCUT2D eigenvalue weighted by Gasteiger charge is -2.32. The number of anilines is 2. The summed E-state index contributed by atoms with van der Waals surface area (Å²) in [5.41, 5.74) is 0.627. The van der Waals surface area contributed by atoms with Crippen molar-refractivity contribution in [1.29, 1.82) is 5.26 Å². The van der Waals surface area contributed by atoms with Crippen molar-refractivity contribution in [2.75, 3.05) is 23.3 Å². The summed E-state index contributed by atoms with van der Waals surface area (Å²) < 4.78 is 4.92. The molecule has 1 aromatic carbocycles. The summed E-state index contributed by atoms with van der Waals surface area (Å²) in [6, 6.07) is 7.99. The molecule has 0 unspecified atom stereocenters. The zero-order valence-electron chi connectivity index (χ0n) is 14.1. The standard InChI is InChI=1S/C17H17N5O4/c1-11-8-16(20-26-11)19-17(23)13-4-6-21(7-5-13)14-3-2-12(10-18)9-15(14)22(24)25/h2-3,8-9,13H,4-7H2,1H3,(H,19,20,23). The Bertz CT molecular complexity index is 878. The number of rotatable bonds is 4. The largest absolute Gasteiger partial charge is 0.366 e. The number of nitro groups is 1. The van der Waals surface area contributed by atoms with Crippen molar-refractivity contribution in [3.05, 3.63) is 45.7 Å². The SMILES string of the molecule is Cc1cc(NC(=O)C2CCN(c3ccc(C#N)cc3[N+](=O)[O-])CC2)no1. The van der Waals surface area contributed by atoms with Crippen molar-refractivity contribution in [2.24, 2.45) is 5.92 Å². The van der Waals surface area contributed by atoms with E-state index in [2.05, 4.69) is 10.5 Å². The van der Waals surface area contributed by atoms with Crippen LogP contribution in [-0.4, -0.2) is 29.1 Å². The summed E-state index contributed by atoms with van der Waals surface area (Å²) in [6.07, 6.45) is 1.14. The molecule has 9 heteroatoms. The lowest BCUT2D eigenvalue weighted by molar-refractivity contribution is -0.384. The number of carbonyl (C=O) groups excluding carboxylic acids is 1. The number of amides is 1. The van der Waals surface area contributed by atoms with Crippen LogP contribution in [0.25, 0.3) is 0 Å². The van der Waals surface area contributed by atoms with Crippen molar-refractivity contribution in [1.82, 2.24) is 5.16 Å². The topological polar surface area (TPSA) is 125 Å². The van der Waals surface area contributed by atoms with Gasteiger partial charge in [0.05, 0.1) is 16.6 Å². The van der Waals surface area contributed by atoms with Crippen LogP contribution in [0.3, 0.4) is 0 Å². The molecule has 1 aliphatic heterocycles. The highest BCUT2D eigenvalue weighted by molar-refractivity contribution is 5.91. The van der Waals surface area contributed by atoms with E-state index in [4.69, 9.17) is 9.78 Å². The second kappa shape index (κ2) is 7.23. The van der Waals surface area contributed by atoms with E-state index in [-0.39, 0.29) is 23.1 Å². The lowest BCUT2D eigenvalue weighted by Crippen LogP contribution is -2.38. The van der Waals surface area contributed by atoms with Crippen molar-refractivity contribution in [2.45, 2.75) is 19.8 Å². The highest BCUT2D eigenvalue weighted by Crippen LogP contribution is 2.32. The third-order valence-electron chi connectivity index (χ3n) is 4.39. The van der Waals surface area contributed by atoms with Gasteiger partial charge < -0.3 is 14.7 Å². The lowest BCUT2D eigenvalue weighted by atomic mass is 9.95. The molecular weight excluding hydrogens is 338 g/mol. The maximum atomic E-state index is 12.3. The average molecular weight is 355 g/mol. The van der Waals surface area contributed by atoms with Gasteiger partial charge in [0, 0.05) is 31.1 Å². The molecule has 9 nitrogen and oxygen atoms in total. The number of piperidine rings is 1. The minimum Gasteiger partial charge on any atom is -0.366 e. The first-order valence-corrected chi connectivity index (χ1v) is 8.15. The summed E-state index contributed by atoms with van der Waals surface area (Å²) in [7, 11) is 0. The second-order valence-electron chi connectivity index (χ2n) is 6.15. The Morgan fingerprint density at radius 1 is 1.42 bits per heavy atom. The quantitative estimate of drug-likeness (QED) is 0.660. The maximum Gasteiger partial charge on any atom is 0.293 e. The van der Waals surface area contributed by atoms with E-state index in [1.54, 1.807) is 25.1 Å². The van der Waals surface area contributed by atoms with Gasteiger partial charge in [0.2, 0.25) is 5.91 Å². The van der Waals surface area contributed by atoms with E-state index in [0.29, 0.717) is 43.2 Å². The molecule has 0 saturated carbocycles. The maximum absolute atomic E-state index is 12.3. The van der Waals surface area contributed by atoms with Crippen LogP contribution in [-0.2, 0) is 4.79 Å². The Morgan fingerprint density at radius 2 is 2.15 bits per heavy atom. The Kier molecular flexibility index (Phi) is 4.84. The number of nitriles is 1. The number of aryl methyl sites for hydroxylation is 1.